The predicted octanol–water partition coefficient (Wildman–Crippen LogP) is 3.35. The number of alkyl carbamates (subject to hydrolysis) is 1. The van der Waals surface area contributed by atoms with Crippen molar-refractivity contribution in [2.45, 2.75) is 133 Å². The van der Waals surface area contributed by atoms with Gasteiger partial charge in [0.25, 0.3) is 5.91 Å². The van der Waals surface area contributed by atoms with Crippen LogP contribution in [-0.2, 0) is 23.9 Å². The molecule has 42 heavy (non-hydrogen) atoms. The smallest absolute Gasteiger partial charge is 0.408 e. The number of hydrogen-bond donors (Lipinski definition) is 3. The monoisotopic (exact) mass is 584 g/mol. The van der Waals surface area contributed by atoms with Gasteiger partial charge < -0.3 is 26.0 Å². The maximum Gasteiger partial charge on any atom is 0.408 e. The highest BCUT2D eigenvalue weighted by atomic mass is 16.6. The Morgan fingerprint density at radius 1 is 0.810 bits per heavy atom. The fraction of sp³-hybridized carbons (Fsp3) is 0.844. The molecule has 1 heterocycles. The first kappa shape index (κ1) is 29.4. The molecule has 6 aliphatic carbocycles. The molecular formula is C32H48N4O6. The van der Waals surface area contributed by atoms with Crippen molar-refractivity contribution in [3.05, 3.63) is 0 Å². The second-order valence-corrected chi connectivity index (χ2v) is 14.5. The lowest BCUT2D eigenvalue weighted by Crippen LogP contribution is -2.59. The van der Waals surface area contributed by atoms with Crippen molar-refractivity contribution in [1.82, 2.24) is 15.5 Å². The molecular weight excluding hydrogens is 536 g/mol. The van der Waals surface area contributed by atoms with Gasteiger partial charge in [-0.15, -0.1) is 0 Å². The van der Waals surface area contributed by atoms with Crippen molar-refractivity contribution < 1.29 is 28.7 Å². The van der Waals surface area contributed by atoms with E-state index in [1.54, 1.807) is 4.90 Å². The second kappa shape index (κ2) is 12.2. The Balaban J connectivity index is 1.14. The third-order valence-electron chi connectivity index (χ3n) is 11.5. The van der Waals surface area contributed by atoms with E-state index < -0.39 is 47.4 Å². The van der Waals surface area contributed by atoms with Crippen molar-refractivity contribution in [2.24, 2.45) is 35.3 Å². The van der Waals surface area contributed by atoms with Crippen molar-refractivity contribution in [3.63, 3.8) is 0 Å². The number of likely N-dealkylation sites (tertiary alicyclic amines) is 1. The second-order valence-electron chi connectivity index (χ2n) is 14.5. The summed E-state index contributed by atoms with van der Waals surface area (Å²) in [5.74, 6) is -0.354. The Hall–Kier alpha value is -2.65. The van der Waals surface area contributed by atoms with Crippen LogP contribution in [0.2, 0.25) is 0 Å². The summed E-state index contributed by atoms with van der Waals surface area (Å²) in [5.41, 5.74) is 4.89. The average Bonchev–Trinajstić information content (AvgIpc) is 3.42. The standard InChI is InChI=1S/C32H48N4O6/c33-28(38)27(37)24(15-19-6-4-7-19)34-29(39)25-10-5-11-36(25)30(40)26(23-8-2-1-3-9-23)35-31(41)42-32-16-20-12-21(17-32)14-22(13-20)18-32/h19-26H,1-18H2,(H2,33,38)(H,34,39)(H,35,41)/t20?,21?,22?,24?,25-,26-,32?/m0/s1. The lowest BCUT2D eigenvalue weighted by Gasteiger charge is -2.55. The van der Waals surface area contributed by atoms with Gasteiger partial charge >= 0.3 is 6.09 Å². The van der Waals surface area contributed by atoms with Crippen molar-refractivity contribution in [1.29, 1.82) is 0 Å². The molecule has 7 rings (SSSR count). The molecule has 7 aliphatic rings. The summed E-state index contributed by atoms with van der Waals surface area (Å²) in [6, 6.07) is -2.48. The lowest BCUT2D eigenvalue weighted by molar-refractivity contribution is -0.144. The molecule has 6 saturated carbocycles. The van der Waals surface area contributed by atoms with Crippen LogP contribution in [0.15, 0.2) is 0 Å². The quantitative estimate of drug-likeness (QED) is 0.336. The van der Waals surface area contributed by atoms with E-state index in [0.29, 0.717) is 43.6 Å². The summed E-state index contributed by atoms with van der Waals surface area (Å²) in [4.78, 5) is 67.0. The number of amides is 4. The maximum atomic E-state index is 14.2. The molecule has 232 valence electrons. The zero-order valence-electron chi connectivity index (χ0n) is 24.8. The predicted molar refractivity (Wildman–Crippen MR) is 154 cm³/mol. The van der Waals surface area contributed by atoms with Gasteiger partial charge in [0.1, 0.15) is 17.7 Å². The Bertz CT molecular complexity index is 1050. The third-order valence-corrected chi connectivity index (χ3v) is 11.5. The minimum Gasteiger partial charge on any atom is -0.443 e. The molecule has 0 spiro atoms. The lowest BCUT2D eigenvalue weighted by atomic mass is 9.54. The Kier molecular flexibility index (Phi) is 8.51. The largest absolute Gasteiger partial charge is 0.443 e. The summed E-state index contributed by atoms with van der Waals surface area (Å²) in [6.45, 7) is 0.406. The highest BCUT2D eigenvalue weighted by Gasteiger charge is 2.53. The molecule has 0 aromatic heterocycles. The van der Waals surface area contributed by atoms with Crippen molar-refractivity contribution in [2.75, 3.05) is 6.54 Å². The van der Waals surface area contributed by atoms with Crippen LogP contribution in [0.4, 0.5) is 4.79 Å². The first-order valence-corrected chi connectivity index (χ1v) is 16.6. The van der Waals surface area contributed by atoms with Crippen LogP contribution in [0, 0.1) is 29.6 Å². The van der Waals surface area contributed by atoms with E-state index >= 15 is 0 Å². The van der Waals surface area contributed by atoms with Gasteiger partial charge in [0.05, 0.1) is 6.04 Å². The summed E-state index contributed by atoms with van der Waals surface area (Å²) in [6.07, 6.45) is 15.3. The molecule has 4 amide bonds. The van der Waals surface area contributed by atoms with Crippen LogP contribution in [0.3, 0.4) is 0 Å². The van der Waals surface area contributed by atoms with E-state index in [0.717, 1.165) is 70.6 Å². The minimum absolute atomic E-state index is 0.0118. The number of nitrogens with zero attached hydrogens (tertiary/aromatic N) is 1. The number of carbonyl (C=O) groups is 5. The van der Waals surface area contributed by atoms with Gasteiger partial charge in [-0.1, -0.05) is 38.5 Å². The number of nitrogens with two attached hydrogens (primary N) is 1. The number of Topliss-reactive ketones (excluding diaryl/α,β-unsaturated/α-hetero) is 1. The average molecular weight is 585 g/mol. The summed E-state index contributed by atoms with van der Waals surface area (Å²) in [5, 5.41) is 5.79. The number of carbonyl (C=O) groups excluding carboxylic acids is 5. The van der Waals surface area contributed by atoms with E-state index in [1.807, 2.05) is 0 Å². The summed E-state index contributed by atoms with van der Waals surface area (Å²) in [7, 11) is 0. The van der Waals surface area contributed by atoms with Crippen LogP contribution in [0.5, 0.6) is 0 Å². The summed E-state index contributed by atoms with van der Waals surface area (Å²) >= 11 is 0. The number of rotatable bonds is 10. The molecule has 0 radical (unpaired) electrons. The normalized spacial score (nSPS) is 33.9. The van der Waals surface area contributed by atoms with Gasteiger partial charge in [0.2, 0.25) is 17.6 Å². The van der Waals surface area contributed by atoms with Crippen molar-refractivity contribution in [3.8, 4) is 0 Å². The van der Waals surface area contributed by atoms with Crippen LogP contribution < -0.4 is 16.4 Å². The van der Waals surface area contributed by atoms with Crippen LogP contribution in [-0.4, -0.2) is 64.8 Å². The number of hydrogen-bond acceptors (Lipinski definition) is 6. The Morgan fingerprint density at radius 3 is 2.02 bits per heavy atom. The zero-order chi connectivity index (χ0) is 29.4. The maximum absolute atomic E-state index is 14.2. The number of nitrogens with one attached hydrogen (secondary N) is 2. The van der Waals surface area contributed by atoms with E-state index in [9.17, 15) is 24.0 Å². The topological polar surface area (TPSA) is 148 Å². The number of ether oxygens (including phenoxy) is 1. The SMILES string of the molecule is NC(=O)C(=O)C(CC1CCC1)NC(=O)[C@@H]1CCCN1C(=O)[C@@H](NC(=O)OC12CC3CC(CC(C3)C1)C2)C1CCCCC1. The fourth-order valence-electron chi connectivity index (χ4n) is 9.57. The van der Waals surface area contributed by atoms with E-state index in [1.165, 1.54) is 19.3 Å². The zero-order valence-corrected chi connectivity index (χ0v) is 24.8. The Labute approximate surface area is 248 Å². The van der Waals surface area contributed by atoms with Crippen LogP contribution in [0.1, 0.15) is 109 Å². The first-order valence-electron chi connectivity index (χ1n) is 16.6. The molecule has 10 nitrogen and oxygen atoms in total. The van der Waals surface area contributed by atoms with E-state index in [-0.39, 0.29) is 17.7 Å². The molecule has 0 aromatic rings. The highest BCUT2D eigenvalue weighted by molar-refractivity contribution is 6.37. The van der Waals surface area contributed by atoms with Gasteiger partial charge in [-0.05, 0) is 100 Å². The van der Waals surface area contributed by atoms with Crippen LogP contribution >= 0.6 is 0 Å². The molecule has 1 unspecified atom stereocenters. The minimum atomic E-state index is -1.06. The van der Waals surface area contributed by atoms with Gasteiger partial charge in [0, 0.05) is 6.54 Å². The van der Waals surface area contributed by atoms with Gasteiger partial charge in [-0.3, -0.25) is 19.2 Å². The highest BCUT2D eigenvalue weighted by Crippen LogP contribution is 2.57. The molecule has 1 aliphatic heterocycles. The van der Waals surface area contributed by atoms with Gasteiger partial charge in [0.15, 0.2) is 0 Å². The van der Waals surface area contributed by atoms with Crippen LogP contribution in [0.25, 0.3) is 0 Å². The van der Waals surface area contributed by atoms with Crippen molar-refractivity contribution >= 4 is 29.6 Å². The first-order chi connectivity index (χ1) is 20.2. The number of primary amides is 1. The Morgan fingerprint density at radius 2 is 1.45 bits per heavy atom. The molecule has 1 saturated heterocycles. The fourth-order valence-corrected chi connectivity index (χ4v) is 9.57. The molecule has 10 heteroatoms. The van der Waals surface area contributed by atoms with E-state index in [4.69, 9.17) is 10.5 Å². The number of ketones is 1. The van der Waals surface area contributed by atoms with E-state index in [2.05, 4.69) is 10.6 Å². The molecule has 4 N–H and O–H groups in total. The molecule has 0 aromatic carbocycles. The summed E-state index contributed by atoms with van der Waals surface area (Å²) < 4.78 is 6.23. The molecule has 4 bridgehead atoms. The van der Waals surface area contributed by atoms with Gasteiger partial charge in [-0.2, -0.15) is 0 Å². The molecule has 7 fully saturated rings. The third kappa shape index (κ3) is 6.18. The van der Waals surface area contributed by atoms with Gasteiger partial charge in [-0.25, -0.2) is 4.79 Å². The molecule has 3 atom stereocenters.